The number of nitrogens with one attached hydrogen (secondary N) is 1. The number of rotatable bonds is 7. The van der Waals surface area contributed by atoms with Gasteiger partial charge in [-0.15, -0.1) is 0 Å². The molecule has 0 saturated carbocycles. The Morgan fingerprint density at radius 1 is 1.06 bits per heavy atom. The summed E-state index contributed by atoms with van der Waals surface area (Å²) in [5.74, 6) is -0.0906. The number of amides is 1. The molecule has 0 aliphatic rings. The first kappa shape index (κ1) is 24.3. The van der Waals surface area contributed by atoms with Gasteiger partial charge in [-0.05, 0) is 67.1 Å². The van der Waals surface area contributed by atoms with Crippen LogP contribution < -0.4 is 10.1 Å². The molecule has 182 valence electrons. The maximum absolute atomic E-state index is 13.3. The summed E-state index contributed by atoms with van der Waals surface area (Å²) in [5, 5.41) is 7.95. The number of hydrogen-bond donors (Lipinski definition) is 1. The van der Waals surface area contributed by atoms with E-state index in [1.54, 1.807) is 55.1 Å². The zero-order valence-electron chi connectivity index (χ0n) is 19.0. The largest absolute Gasteiger partial charge is 0.484 e. The number of aromatic nitrogens is 2. The van der Waals surface area contributed by atoms with Crippen LogP contribution in [0.1, 0.15) is 37.5 Å². The Morgan fingerprint density at radius 3 is 2.37 bits per heavy atom. The molecular formula is C26H23F4N3O2. The minimum Gasteiger partial charge on any atom is -0.484 e. The first-order chi connectivity index (χ1) is 16.7. The molecule has 5 nitrogen and oxygen atoms in total. The molecular weight excluding hydrogens is 462 g/mol. The van der Waals surface area contributed by atoms with E-state index in [4.69, 9.17) is 4.74 Å². The van der Waals surface area contributed by atoms with Gasteiger partial charge in [0.15, 0.2) is 0 Å². The highest BCUT2D eigenvalue weighted by Gasteiger charge is 2.31. The molecule has 1 heterocycles. The lowest BCUT2D eigenvalue weighted by Gasteiger charge is -2.27. The second-order valence-electron chi connectivity index (χ2n) is 8.12. The van der Waals surface area contributed by atoms with Crippen LogP contribution in [0, 0.1) is 5.82 Å². The third kappa shape index (κ3) is 5.45. The molecule has 4 aromatic rings. The average Bonchev–Trinajstić information content (AvgIpc) is 3.25. The molecule has 0 spiro atoms. The molecule has 0 aliphatic heterocycles. The van der Waals surface area contributed by atoms with Crippen LogP contribution in [0.5, 0.6) is 5.75 Å². The van der Waals surface area contributed by atoms with E-state index in [9.17, 15) is 22.4 Å². The van der Waals surface area contributed by atoms with Crippen LogP contribution in [0.2, 0.25) is 0 Å². The summed E-state index contributed by atoms with van der Waals surface area (Å²) in [7, 11) is 0. The molecule has 1 amide bonds. The Morgan fingerprint density at radius 2 is 1.74 bits per heavy atom. The number of hydrogen-bond acceptors (Lipinski definition) is 3. The van der Waals surface area contributed by atoms with Crippen molar-refractivity contribution in [3.63, 3.8) is 0 Å². The van der Waals surface area contributed by atoms with Gasteiger partial charge >= 0.3 is 6.18 Å². The monoisotopic (exact) mass is 485 g/mol. The third-order valence-electron chi connectivity index (χ3n) is 5.60. The predicted octanol–water partition coefficient (Wildman–Crippen LogP) is 6.22. The van der Waals surface area contributed by atoms with Crippen molar-refractivity contribution in [2.75, 3.05) is 0 Å². The van der Waals surface area contributed by atoms with Crippen LogP contribution in [0.4, 0.5) is 17.6 Å². The van der Waals surface area contributed by atoms with Crippen molar-refractivity contribution in [3.8, 4) is 11.4 Å². The van der Waals surface area contributed by atoms with E-state index in [0.717, 1.165) is 23.0 Å². The molecule has 3 aromatic carbocycles. The molecule has 4 rings (SSSR count). The van der Waals surface area contributed by atoms with E-state index in [0.29, 0.717) is 17.0 Å². The van der Waals surface area contributed by atoms with Crippen molar-refractivity contribution in [1.82, 2.24) is 15.1 Å². The summed E-state index contributed by atoms with van der Waals surface area (Å²) < 4.78 is 60.2. The lowest BCUT2D eigenvalue weighted by Crippen LogP contribution is -2.38. The van der Waals surface area contributed by atoms with Crippen LogP contribution in [0.3, 0.4) is 0 Å². The number of benzene rings is 3. The highest BCUT2D eigenvalue weighted by atomic mass is 19.4. The van der Waals surface area contributed by atoms with Gasteiger partial charge in [0.1, 0.15) is 17.7 Å². The summed E-state index contributed by atoms with van der Waals surface area (Å²) in [6.45, 7) is 3.45. The Labute approximate surface area is 199 Å². The Balaban J connectivity index is 1.64. The summed E-state index contributed by atoms with van der Waals surface area (Å²) in [6.07, 6.45) is -3.29. The maximum Gasteiger partial charge on any atom is 0.416 e. The van der Waals surface area contributed by atoms with Crippen LogP contribution >= 0.6 is 0 Å². The zero-order valence-corrected chi connectivity index (χ0v) is 19.0. The Hall–Kier alpha value is -3.88. The van der Waals surface area contributed by atoms with Crippen molar-refractivity contribution in [2.24, 2.45) is 0 Å². The SMILES string of the molecule is CCC(=O)NC(C)C(Oc1ccc2c(cnn2-c2ccc(F)cc2)c1)c1ccc(C(F)(F)F)cc1. The molecule has 2 unspecified atom stereocenters. The molecule has 1 aromatic heterocycles. The summed E-state index contributed by atoms with van der Waals surface area (Å²) in [4.78, 5) is 12.0. The second-order valence-corrected chi connectivity index (χ2v) is 8.12. The standard InChI is InChI=1S/C26H23F4N3O2/c1-3-24(34)32-16(2)25(17-4-6-19(7-5-17)26(28,29)30)35-22-12-13-23-18(14-22)15-31-33(23)21-10-8-20(27)9-11-21/h4-16,25H,3H2,1-2H3,(H,32,34). The first-order valence-electron chi connectivity index (χ1n) is 11.0. The van der Waals surface area contributed by atoms with Gasteiger partial charge in [0.25, 0.3) is 0 Å². The van der Waals surface area contributed by atoms with Gasteiger partial charge in [-0.25, -0.2) is 9.07 Å². The molecule has 0 bridgehead atoms. The summed E-state index contributed by atoms with van der Waals surface area (Å²) >= 11 is 0. The molecule has 1 N–H and O–H groups in total. The number of carbonyl (C=O) groups is 1. The van der Waals surface area contributed by atoms with Gasteiger partial charge in [-0.1, -0.05) is 19.1 Å². The fraction of sp³-hybridized carbons (Fsp3) is 0.231. The summed E-state index contributed by atoms with van der Waals surface area (Å²) in [6, 6.07) is 15.4. The van der Waals surface area contributed by atoms with Gasteiger partial charge in [0, 0.05) is 11.8 Å². The predicted molar refractivity (Wildman–Crippen MR) is 124 cm³/mol. The topological polar surface area (TPSA) is 56.1 Å². The van der Waals surface area contributed by atoms with Crippen LogP contribution in [0.25, 0.3) is 16.6 Å². The highest BCUT2D eigenvalue weighted by Crippen LogP contribution is 2.32. The molecule has 0 radical (unpaired) electrons. The highest BCUT2D eigenvalue weighted by molar-refractivity contribution is 5.81. The molecule has 0 saturated heterocycles. The Kier molecular flexibility index (Phi) is 6.77. The number of carbonyl (C=O) groups excluding carboxylic acids is 1. The van der Waals surface area contributed by atoms with Gasteiger partial charge < -0.3 is 10.1 Å². The van der Waals surface area contributed by atoms with Gasteiger partial charge in [-0.3, -0.25) is 4.79 Å². The lowest BCUT2D eigenvalue weighted by molar-refractivity contribution is -0.137. The van der Waals surface area contributed by atoms with E-state index in [1.165, 1.54) is 24.3 Å². The zero-order chi connectivity index (χ0) is 25.2. The lowest BCUT2D eigenvalue weighted by atomic mass is 10.0. The van der Waals surface area contributed by atoms with Crippen LogP contribution in [-0.2, 0) is 11.0 Å². The minimum absolute atomic E-state index is 0.200. The van der Waals surface area contributed by atoms with Crippen LogP contribution in [-0.4, -0.2) is 21.7 Å². The van der Waals surface area contributed by atoms with Crippen molar-refractivity contribution >= 4 is 16.8 Å². The second kappa shape index (κ2) is 9.77. The van der Waals surface area contributed by atoms with E-state index >= 15 is 0 Å². The number of halogens is 4. The maximum atomic E-state index is 13.3. The van der Waals surface area contributed by atoms with Crippen LogP contribution in [0.15, 0.2) is 72.9 Å². The van der Waals surface area contributed by atoms with Gasteiger partial charge in [0.05, 0.1) is 29.0 Å². The molecule has 2 atom stereocenters. The van der Waals surface area contributed by atoms with Gasteiger partial charge in [0.2, 0.25) is 5.91 Å². The third-order valence-corrected chi connectivity index (χ3v) is 5.60. The van der Waals surface area contributed by atoms with Crippen molar-refractivity contribution < 1.29 is 27.1 Å². The quantitative estimate of drug-likeness (QED) is 0.316. The van der Waals surface area contributed by atoms with E-state index in [2.05, 4.69) is 10.4 Å². The number of ether oxygens (including phenoxy) is 1. The summed E-state index contributed by atoms with van der Waals surface area (Å²) in [5.41, 5.74) is 1.18. The van der Waals surface area contributed by atoms with Gasteiger partial charge in [-0.2, -0.15) is 18.3 Å². The smallest absolute Gasteiger partial charge is 0.416 e. The minimum atomic E-state index is -4.45. The number of nitrogens with zero attached hydrogens (tertiary/aromatic N) is 2. The molecule has 0 fully saturated rings. The van der Waals surface area contributed by atoms with E-state index < -0.39 is 23.9 Å². The average molecular weight is 485 g/mol. The molecule has 35 heavy (non-hydrogen) atoms. The van der Waals surface area contributed by atoms with E-state index in [-0.39, 0.29) is 18.1 Å². The normalized spacial score (nSPS) is 13.4. The molecule has 0 aliphatic carbocycles. The van der Waals surface area contributed by atoms with E-state index in [1.807, 2.05) is 0 Å². The van der Waals surface area contributed by atoms with Crippen molar-refractivity contribution in [3.05, 3.63) is 89.9 Å². The Bertz CT molecular complexity index is 1320. The van der Waals surface area contributed by atoms with Crippen molar-refractivity contribution in [2.45, 2.75) is 38.6 Å². The molecule has 9 heteroatoms. The number of fused-ring (bicyclic) bond motifs is 1. The first-order valence-corrected chi connectivity index (χ1v) is 11.0. The fourth-order valence-corrected chi connectivity index (χ4v) is 3.77. The fourth-order valence-electron chi connectivity index (χ4n) is 3.77. The van der Waals surface area contributed by atoms with Crippen molar-refractivity contribution in [1.29, 1.82) is 0 Å². The number of alkyl halides is 3.